The Morgan fingerprint density at radius 2 is 1.87 bits per heavy atom. The van der Waals surface area contributed by atoms with E-state index < -0.39 is 0 Å². The minimum atomic E-state index is -0.162. The molecule has 0 aliphatic heterocycles. The lowest BCUT2D eigenvalue weighted by atomic mass is 9.73. The van der Waals surface area contributed by atoms with E-state index in [0.717, 1.165) is 12.8 Å². The lowest BCUT2D eigenvalue weighted by Gasteiger charge is -2.29. The lowest BCUT2D eigenvalue weighted by molar-refractivity contribution is -0.129. The Kier molecular flexibility index (Phi) is 5.85. The largest absolute Gasteiger partial charge is 0.299 e. The number of rotatable bonds is 6. The minimum absolute atomic E-state index is 0.162. The van der Waals surface area contributed by atoms with Crippen molar-refractivity contribution in [3.63, 3.8) is 0 Å². The third-order valence-electron chi connectivity index (χ3n) is 3.42. The molecular weight excluding hydrogens is 184 g/mol. The van der Waals surface area contributed by atoms with E-state index in [1.165, 1.54) is 5.57 Å². The molecule has 0 spiro atoms. The number of hydrogen-bond donors (Lipinski definition) is 0. The summed E-state index contributed by atoms with van der Waals surface area (Å²) in [4.78, 5) is 11.8. The van der Waals surface area contributed by atoms with Crippen LogP contribution in [0.2, 0.25) is 0 Å². The van der Waals surface area contributed by atoms with E-state index in [4.69, 9.17) is 0 Å². The standard InChI is InChI=1S/C14H26O/c1-7-13(15)14(5,6)12(4)10-8-9-11(2)3/h9,12H,7-8,10H2,1-6H3/t12-/m1/s1. The average molecular weight is 210 g/mol. The van der Waals surface area contributed by atoms with Gasteiger partial charge >= 0.3 is 0 Å². The van der Waals surface area contributed by atoms with Crippen LogP contribution in [-0.2, 0) is 4.79 Å². The van der Waals surface area contributed by atoms with Gasteiger partial charge in [-0.15, -0.1) is 0 Å². The summed E-state index contributed by atoms with van der Waals surface area (Å²) >= 11 is 0. The molecule has 0 N–H and O–H groups in total. The van der Waals surface area contributed by atoms with Crippen LogP contribution in [0.15, 0.2) is 11.6 Å². The highest BCUT2D eigenvalue weighted by molar-refractivity contribution is 5.84. The number of carbonyl (C=O) groups excluding carboxylic acids is 1. The van der Waals surface area contributed by atoms with Gasteiger partial charge in [-0.1, -0.05) is 39.3 Å². The fourth-order valence-corrected chi connectivity index (χ4v) is 1.71. The first-order chi connectivity index (χ1) is 6.82. The van der Waals surface area contributed by atoms with Gasteiger partial charge in [0.25, 0.3) is 0 Å². The van der Waals surface area contributed by atoms with E-state index in [0.29, 0.717) is 18.1 Å². The molecule has 0 aliphatic rings. The molecular formula is C14H26O. The zero-order valence-electron chi connectivity index (χ0n) is 11.2. The first kappa shape index (κ1) is 14.4. The average Bonchev–Trinajstić information content (AvgIpc) is 2.15. The summed E-state index contributed by atoms with van der Waals surface area (Å²) in [7, 11) is 0. The molecule has 15 heavy (non-hydrogen) atoms. The van der Waals surface area contributed by atoms with E-state index in [1.54, 1.807) is 0 Å². The second kappa shape index (κ2) is 6.09. The zero-order valence-corrected chi connectivity index (χ0v) is 11.2. The summed E-state index contributed by atoms with van der Waals surface area (Å²) < 4.78 is 0. The van der Waals surface area contributed by atoms with Gasteiger partial charge in [0.1, 0.15) is 5.78 Å². The molecule has 0 bridgehead atoms. The van der Waals surface area contributed by atoms with Crippen LogP contribution < -0.4 is 0 Å². The molecule has 0 saturated carbocycles. The second-order valence-electron chi connectivity index (χ2n) is 5.26. The van der Waals surface area contributed by atoms with Crippen molar-refractivity contribution in [2.24, 2.45) is 11.3 Å². The van der Waals surface area contributed by atoms with E-state index in [9.17, 15) is 4.79 Å². The van der Waals surface area contributed by atoms with Crippen LogP contribution in [0.25, 0.3) is 0 Å². The van der Waals surface area contributed by atoms with Crippen LogP contribution in [0.5, 0.6) is 0 Å². The summed E-state index contributed by atoms with van der Waals surface area (Å²) in [6.07, 6.45) is 5.09. The third-order valence-corrected chi connectivity index (χ3v) is 3.42. The van der Waals surface area contributed by atoms with Crippen molar-refractivity contribution in [2.45, 2.75) is 60.8 Å². The van der Waals surface area contributed by atoms with Crippen LogP contribution in [-0.4, -0.2) is 5.78 Å². The molecule has 0 fully saturated rings. The molecule has 0 rings (SSSR count). The van der Waals surface area contributed by atoms with Crippen molar-refractivity contribution in [1.82, 2.24) is 0 Å². The van der Waals surface area contributed by atoms with Crippen molar-refractivity contribution < 1.29 is 4.79 Å². The maximum atomic E-state index is 11.8. The summed E-state index contributed by atoms with van der Waals surface area (Å²) in [6.45, 7) is 12.5. The Morgan fingerprint density at radius 1 is 1.33 bits per heavy atom. The summed E-state index contributed by atoms with van der Waals surface area (Å²) in [5.41, 5.74) is 1.20. The van der Waals surface area contributed by atoms with Crippen molar-refractivity contribution in [1.29, 1.82) is 0 Å². The predicted molar refractivity (Wildman–Crippen MR) is 66.9 cm³/mol. The van der Waals surface area contributed by atoms with Gasteiger partial charge in [-0.2, -0.15) is 0 Å². The van der Waals surface area contributed by atoms with Gasteiger partial charge in [-0.25, -0.2) is 0 Å². The number of Topliss-reactive ketones (excluding diaryl/α,β-unsaturated/α-hetero) is 1. The van der Waals surface area contributed by atoms with E-state index in [2.05, 4.69) is 40.7 Å². The summed E-state index contributed by atoms with van der Waals surface area (Å²) in [5.74, 6) is 0.841. The van der Waals surface area contributed by atoms with Crippen LogP contribution in [0.1, 0.15) is 60.8 Å². The second-order valence-corrected chi connectivity index (χ2v) is 5.26. The van der Waals surface area contributed by atoms with Crippen LogP contribution >= 0.6 is 0 Å². The highest BCUT2D eigenvalue weighted by Gasteiger charge is 2.31. The summed E-state index contributed by atoms with van der Waals surface area (Å²) in [5, 5.41) is 0. The highest BCUT2D eigenvalue weighted by atomic mass is 16.1. The lowest BCUT2D eigenvalue weighted by Crippen LogP contribution is -2.30. The highest BCUT2D eigenvalue weighted by Crippen LogP contribution is 2.32. The molecule has 0 radical (unpaired) electrons. The van der Waals surface area contributed by atoms with E-state index >= 15 is 0 Å². The quantitative estimate of drug-likeness (QED) is 0.595. The van der Waals surface area contributed by atoms with Gasteiger partial charge in [0.15, 0.2) is 0 Å². The van der Waals surface area contributed by atoms with E-state index in [1.807, 2.05) is 6.92 Å². The molecule has 0 heterocycles. The molecule has 0 saturated heterocycles. The molecule has 0 aromatic rings. The van der Waals surface area contributed by atoms with Crippen molar-refractivity contribution in [2.75, 3.05) is 0 Å². The van der Waals surface area contributed by atoms with Gasteiger partial charge in [0, 0.05) is 11.8 Å². The molecule has 0 unspecified atom stereocenters. The Morgan fingerprint density at radius 3 is 2.27 bits per heavy atom. The van der Waals surface area contributed by atoms with Crippen LogP contribution in [0.3, 0.4) is 0 Å². The Hall–Kier alpha value is -0.590. The van der Waals surface area contributed by atoms with Gasteiger partial charge in [-0.3, -0.25) is 4.79 Å². The molecule has 0 aromatic carbocycles. The smallest absolute Gasteiger partial charge is 0.138 e. The molecule has 1 nitrogen and oxygen atoms in total. The van der Waals surface area contributed by atoms with Gasteiger partial charge in [0.05, 0.1) is 0 Å². The first-order valence-corrected chi connectivity index (χ1v) is 5.99. The fraction of sp³-hybridized carbons (Fsp3) is 0.786. The molecule has 0 amide bonds. The monoisotopic (exact) mass is 210 g/mol. The van der Waals surface area contributed by atoms with Gasteiger partial charge in [-0.05, 0) is 32.6 Å². The molecule has 1 heteroatoms. The van der Waals surface area contributed by atoms with Crippen molar-refractivity contribution in [3.05, 3.63) is 11.6 Å². The number of hydrogen-bond acceptors (Lipinski definition) is 1. The molecule has 88 valence electrons. The van der Waals surface area contributed by atoms with Crippen LogP contribution in [0.4, 0.5) is 0 Å². The van der Waals surface area contributed by atoms with Crippen molar-refractivity contribution in [3.8, 4) is 0 Å². The zero-order chi connectivity index (χ0) is 12.1. The number of ketones is 1. The number of allylic oxidation sites excluding steroid dienone is 2. The van der Waals surface area contributed by atoms with Gasteiger partial charge < -0.3 is 0 Å². The van der Waals surface area contributed by atoms with Crippen molar-refractivity contribution >= 4 is 5.78 Å². The maximum absolute atomic E-state index is 11.8. The third kappa shape index (κ3) is 4.63. The SMILES string of the molecule is CCC(=O)C(C)(C)[C@H](C)CCC=C(C)C. The maximum Gasteiger partial charge on any atom is 0.138 e. The normalized spacial score (nSPS) is 13.5. The minimum Gasteiger partial charge on any atom is -0.299 e. The predicted octanol–water partition coefficient (Wildman–Crippen LogP) is 4.37. The Labute approximate surface area is 95.0 Å². The Bertz CT molecular complexity index is 232. The number of carbonyl (C=O) groups is 1. The summed E-state index contributed by atoms with van der Waals surface area (Å²) in [6, 6.07) is 0. The van der Waals surface area contributed by atoms with Gasteiger partial charge in [0.2, 0.25) is 0 Å². The Balaban J connectivity index is 4.25. The topological polar surface area (TPSA) is 17.1 Å². The molecule has 0 aromatic heterocycles. The van der Waals surface area contributed by atoms with E-state index in [-0.39, 0.29) is 5.41 Å². The molecule has 0 aliphatic carbocycles. The van der Waals surface area contributed by atoms with Crippen LogP contribution in [0, 0.1) is 11.3 Å². The first-order valence-electron chi connectivity index (χ1n) is 5.99. The molecule has 1 atom stereocenters. The fourth-order valence-electron chi connectivity index (χ4n) is 1.71.